The van der Waals surface area contributed by atoms with Crippen LogP contribution in [0, 0.1) is 5.92 Å². The van der Waals surface area contributed by atoms with Gasteiger partial charge in [-0.1, -0.05) is 30.3 Å². The Bertz CT molecular complexity index is 857. The van der Waals surface area contributed by atoms with Gasteiger partial charge in [-0.15, -0.1) is 10.2 Å². The highest BCUT2D eigenvalue weighted by Crippen LogP contribution is 2.33. The predicted molar refractivity (Wildman–Crippen MR) is 97.8 cm³/mol. The van der Waals surface area contributed by atoms with Crippen LogP contribution in [0.1, 0.15) is 41.9 Å². The van der Waals surface area contributed by atoms with Crippen molar-refractivity contribution >= 4 is 5.91 Å². The van der Waals surface area contributed by atoms with Gasteiger partial charge in [0, 0.05) is 18.9 Å². The molecule has 0 unspecified atom stereocenters. The number of amides is 1. The van der Waals surface area contributed by atoms with Gasteiger partial charge in [0.05, 0.1) is 6.04 Å². The van der Waals surface area contributed by atoms with Crippen LogP contribution in [0.4, 0.5) is 0 Å². The maximum absolute atomic E-state index is 13.1. The maximum atomic E-state index is 13.1. The second kappa shape index (κ2) is 7.07. The molecule has 1 amide bonds. The van der Waals surface area contributed by atoms with Gasteiger partial charge < -0.3 is 4.90 Å². The number of rotatable bonds is 6. The molecule has 1 aromatic carbocycles. The van der Waals surface area contributed by atoms with Crippen LogP contribution < -0.4 is 0 Å². The zero-order valence-corrected chi connectivity index (χ0v) is 14.7. The Morgan fingerprint density at radius 3 is 2.62 bits per heavy atom. The first kappa shape index (κ1) is 16.4. The fraction of sp³-hybridized carbons (Fsp3) is 0.300. The topological polar surface area (TPSA) is 63.9 Å². The molecule has 3 aromatic rings. The summed E-state index contributed by atoms with van der Waals surface area (Å²) in [5.74, 6) is 1.17. The monoisotopic (exact) mass is 347 g/mol. The van der Waals surface area contributed by atoms with Crippen LogP contribution in [0.5, 0.6) is 0 Å². The van der Waals surface area contributed by atoms with Crippen molar-refractivity contribution in [1.29, 1.82) is 0 Å². The number of nitrogens with zero attached hydrogens (tertiary/aromatic N) is 5. The second-order valence-corrected chi connectivity index (χ2v) is 6.73. The molecule has 1 fully saturated rings. The molecule has 0 aliphatic heterocycles. The third-order valence-electron chi connectivity index (χ3n) is 4.80. The van der Waals surface area contributed by atoms with E-state index in [1.54, 1.807) is 35.4 Å². The minimum absolute atomic E-state index is 0.000532. The largest absolute Gasteiger partial charge is 0.330 e. The third kappa shape index (κ3) is 3.49. The average Bonchev–Trinajstić information content (AvgIpc) is 3.35. The molecule has 1 atom stereocenters. The Morgan fingerprint density at radius 1 is 1.19 bits per heavy atom. The molecule has 0 saturated heterocycles. The first-order valence-electron chi connectivity index (χ1n) is 8.90. The smallest absolute Gasteiger partial charge is 0.274 e. The Hall–Kier alpha value is -3.02. The molecule has 6 nitrogen and oxygen atoms in total. The van der Waals surface area contributed by atoms with E-state index in [0.29, 0.717) is 17.4 Å². The molecule has 1 aliphatic carbocycles. The molecule has 4 rings (SSSR count). The van der Waals surface area contributed by atoms with E-state index in [4.69, 9.17) is 0 Å². The first-order valence-corrected chi connectivity index (χ1v) is 8.90. The van der Waals surface area contributed by atoms with Crippen molar-refractivity contribution in [2.75, 3.05) is 6.54 Å². The van der Waals surface area contributed by atoms with E-state index in [2.05, 4.69) is 34.2 Å². The summed E-state index contributed by atoms with van der Waals surface area (Å²) in [5.41, 5.74) is 1.50. The van der Waals surface area contributed by atoms with E-state index in [0.717, 1.165) is 12.1 Å². The molecule has 0 N–H and O–H groups in total. The lowest BCUT2D eigenvalue weighted by Crippen LogP contribution is -2.36. The van der Waals surface area contributed by atoms with E-state index >= 15 is 0 Å². The lowest BCUT2D eigenvalue weighted by atomic mass is 10.1. The quantitative estimate of drug-likeness (QED) is 0.686. The maximum Gasteiger partial charge on any atom is 0.274 e. The molecule has 0 bridgehead atoms. The number of carbonyl (C=O) groups excluding carboxylic acids is 1. The number of carbonyl (C=O) groups is 1. The summed E-state index contributed by atoms with van der Waals surface area (Å²) < 4.78 is 1.76. The van der Waals surface area contributed by atoms with Gasteiger partial charge in [0.25, 0.3) is 5.91 Å². The zero-order chi connectivity index (χ0) is 17.9. The van der Waals surface area contributed by atoms with Gasteiger partial charge in [0.15, 0.2) is 11.5 Å². The third-order valence-corrected chi connectivity index (χ3v) is 4.80. The van der Waals surface area contributed by atoms with Crippen LogP contribution in [0.3, 0.4) is 0 Å². The Kier molecular flexibility index (Phi) is 4.48. The van der Waals surface area contributed by atoms with Gasteiger partial charge in [-0.3, -0.25) is 9.36 Å². The van der Waals surface area contributed by atoms with E-state index in [1.807, 2.05) is 23.1 Å². The number of benzene rings is 1. The highest BCUT2D eigenvalue weighted by molar-refractivity contribution is 5.92. The molecule has 0 radical (unpaired) electrons. The van der Waals surface area contributed by atoms with E-state index in [9.17, 15) is 4.79 Å². The Labute approximate surface area is 152 Å². The fourth-order valence-electron chi connectivity index (χ4n) is 3.03. The zero-order valence-electron chi connectivity index (χ0n) is 14.7. The van der Waals surface area contributed by atoms with Gasteiger partial charge in [-0.25, -0.2) is 4.98 Å². The van der Waals surface area contributed by atoms with Crippen molar-refractivity contribution in [3.05, 3.63) is 72.4 Å². The fourth-order valence-corrected chi connectivity index (χ4v) is 3.03. The van der Waals surface area contributed by atoms with Crippen LogP contribution in [-0.2, 0) is 0 Å². The molecular formula is C20H21N5O. The summed E-state index contributed by atoms with van der Waals surface area (Å²) in [4.78, 5) is 19.1. The van der Waals surface area contributed by atoms with Crippen molar-refractivity contribution in [2.24, 2.45) is 5.92 Å². The molecule has 6 heteroatoms. The van der Waals surface area contributed by atoms with Crippen LogP contribution in [-0.4, -0.2) is 37.1 Å². The molecule has 2 aromatic heterocycles. The summed E-state index contributed by atoms with van der Waals surface area (Å²) in [6.45, 7) is 2.84. The number of imidazole rings is 1. The Morgan fingerprint density at radius 2 is 2.00 bits per heavy atom. The first-order chi connectivity index (χ1) is 12.7. The van der Waals surface area contributed by atoms with Crippen LogP contribution in [0.25, 0.3) is 5.82 Å². The summed E-state index contributed by atoms with van der Waals surface area (Å²) in [7, 11) is 0. The molecule has 132 valence electrons. The molecular weight excluding hydrogens is 326 g/mol. The predicted octanol–water partition coefficient (Wildman–Crippen LogP) is 3.28. The van der Waals surface area contributed by atoms with Gasteiger partial charge in [-0.05, 0) is 43.4 Å². The minimum Gasteiger partial charge on any atom is -0.330 e. The molecule has 2 heterocycles. The van der Waals surface area contributed by atoms with Gasteiger partial charge >= 0.3 is 0 Å². The van der Waals surface area contributed by atoms with Crippen molar-refractivity contribution in [3.63, 3.8) is 0 Å². The van der Waals surface area contributed by atoms with Crippen molar-refractivity contribution in [2.45, 2.75) is 25.8 Å². The summed E-state index contributed by atoms with van der Waals surface area (Å²) in [6.07, 6.45) is 7.51. The van der Waals surface area contributed by atoms with Gasteiger partial charge in [0.1, 0.15) is 6.33 Å². The summed E-state index contributed by atoms with van der Waals surface area (Å²) >= 11 is 0. The van der Waals surface area contributed by atoms with Crippen LogP contribution >= 0.6 is 0 Å². The highest BCUT2D eigenvalue weighted by Gasteiger charge is 2.31. The summed E-state index contributed by atoms with van der Waals surface area (Å²) in [5, 5.41) is 8.35. The number of hydrogen-bond donors (Lipinski definition) is 0. The minimum atomic E-state index is -0.0714. The number of hydrogen-bond acceptors (Lipinski definition) is 4. The van der Waals surface area contributed by atoms with E-state index in [1.165, 1.54) is 12.8 Å². The standard InChI is InChI=1S/C20H21N5O/c1-15(17-5-3-2-4-6-17)25(13-16-7-8-16)20(26)18-9-10-19(23-22-18)24-12-11-21-14-24/h2-6,9-12,14-16H,7-8,13H2,1H3/t15-/m1/s1. The van der Waals surface area contributed by atoms with E-state index < -0.39 is 0 Å². The normalized spacial score (nSPS) is 14.8. The molecule has 26 heavy (non-hydrogen) atoms. The molecule has 0 spiro atoms. The van der Waals surface area contributed by atoms with Gasteiger partial charge in [-0.2, -0.15) is 0 Å². The lowest BCUT2D eigenvalue weighted by Gasteiger charge is -2.29. The van der Waals surface area contributed by atoms with Gasteiger partial charge in [0.2, 0.25) is 0 Å². The molecule has 1 aliphatic rings. The second-order valence-electron chi connectivity index (χ2n) is 6.73. The average molecular weight is 347 g/mol. The van der Waals surface area contributed by atoms with E-state index in [-0.39, 0.29) is 11.9 Å². The van der Waals surface area contributed by atoms with Crippen LogP contribution in [0.15, 0.2) is 61.2 Å². The highest BCUT2D eigenvalue weighted by atomic mass is 16.2. The SMILES string of the molecule is C[C@H](c1ccccc1)N(CC1CC1)C(=O)c1ccc(-n2ccnc2)nn1. The van der Waals surface area contributed by atoms with Crippen LogP contribution in [0.2, 0.25) is 0 Å². The van der Waals surface area contributed by atoms with Crippen molar-refractivity contribution in [1.82, 2.24) is 24.6 Å². The van der Waals surface area contributed by atoms with Crippen molar-refractivity contribution < 1.29 is 4.79 Å². The molecule has 1 saturated carbocycles. The number of aromatic nitrogens is 4. The Balaban J connectivity index is 1.57. The summed E-state index contributed by atoms with van der Waals surface area (Å²) in [6, 6.07) is 13.7. The van der Waals surface area contributed by atoms with Crippen molar-refractivity contribution in [3.8, 4) is 5.82 Å². The lowest BCUT2D eigenvalue weighted by molar-refractivity contribution is 0.0673.